The zero-order valence-electron chi connectivity index (χ0n) is 34.7. The zero-order chi connectivity index (χ0) is 41.9. The lowest BCUT2D eigenvalue weighted by molar-refractivity contribution is 0.383. The van der Waals surface area contributed by atoms with Gasteiger partial charge >= 0.3 is 0 Å². The van der Waals surface area contributed by atoms with Gasteiger partial charge in [-0.15, -0.1) is 0 Å². The number of rotatable bonds is 7. The van der Waals surface area contributed by atoms with E-state index in [-0.39, 0.29) is 6.17 Å². The summed E-state index contributed by atoms with van der Waals surface area (Å²) < 4.78 is 4.84. The van der Waals surface area contributed by atoms with E-state index in [1.807, 2.05) is 24.3 Å². The summed E-state index contributed by atoms with van der Waals surface area (Å²) in [6.07, 6.45) is -0.289. The second-order valence-electron chi connectivity index (χ2n) is 16.3. The topological polar surface area (TPSA) is 37.8 Å². The molecule has 5 heteroatoms. The Hall–Kier alpha value is -8.28. The summed E-state index contributed by atoms with van der Waals surface area (Å²) in [5.74, 6) is 1.62. The third-order valence-corrected chi connectivity index (χ3v) is 12.5. The summed E-state index contributed by atoms with van der Waals surface area (Å²) in [5.41, 5.74) is 14.8. The van der Waals surface area contributed by atoms with Gasteiger partial charge in [0, 0.05) is 51.1 Å². The highest BCUT2D eigenvalue weighted by molar-refractivity contribution is 6.14. The average Bonchev–Trinajstić information content (AvgIpc) is 3.87. The molecule has 3 heterocycles. The molecule has 9 aromatic carbocycles. The summed E-state index contributed by atoms with van der Waals surface area (Å²) in [4.78, 5) is 12.6. The van der Waals surface area contributed by atoms with Crippen molar-refractivity contribution in [1.82, 2.24) is 14.0 Å². The Morgan fingerprint density at radius 2 is 0.810 bits per heavy atom. The van der Waals surface area contributed by atoms with E-state index >= 15 is 0 Å². The maximum atomic E-state index is 5.31. The number of fused-ring (bicyclic) bond motifs is 6. The summed E-state index contributed by atoms with van der Waals surface area (Å²) in [6.45, 7) is 0. The number of hydrogen-bond donors (Lipinski definition) is 0. The maximum absolute atomic E-state index is 5.31. The lowest BCUT2D eigenvalue weighted by atomic mass is 10.0. The van der Waals surface area contributed by atoms with Crippen molar-refractivity contribution >= 4 is 55.3 Å². The van der Waals surface area contributed by atoms with Crippen LogP contribution in [0, 0.1) is 0 Å². The highest BCUT2D eigenvalue weighted by atomic mass is 15.3. The minimum atomic E-state index is -0.289. The van der Waals surface area contributed by atoms with E-state index in [1.165, 1.54) is 43.7 Å². The van der Waals surface area contributed by atoms with E-state index in [2.05, 4.69) is 221 Å². The van der Waals surface area contributed by atoms with Gasteiger partial charge in [0.2, 0.25) is 0 Å². The monoisotopic (exact) mass is 807 g/mol. The Bertz CT molecular complexity index is 3580. The molecule has 1 aliphatic rings. The number of nitrogens with zero attached hydrogens (tertiary/aromatic N) is 5. The van der Waals surface area contributed by atoms with Gasteiger partial charge < -0.3 is 14.0 Å². The SMILES string of the molecule is CN1C(c2ccccc2)=NC(c2ccccc2)=NC1c1cccc(-n2c3ccccc3c3ccc(-c4ccc5c6ccccc6n(-c6cccc(-c7ccccc7)c6)c5c4)cc32)c1. The summed E-state index contributed by atoms with van der Waals surface area (Å²) in [7, 11) is 2.09. The molecule has 11 aromatic rings. The molecule has 1 atom stereocenters. The first-order valence-electron chi connectivity index (χ1n) is 21.5. The van der Waals surface area contributed by atoms with Gasteiger partial charge in [-0.05, 0) is 76.3 Å². The van der Waals surface area contributed by atoms with Gasteiger partial charge in [-0.3, -0.25) is 0 Å². The smallest absolute Gasteiger partial charge is 0.159 e. The molecule has 0 spiro atoms. The highest BCUT2D eigenvalue weighted by Crippen LogP contribution is 2.39. The minimum absolute atomic E-state index is 0.289. The van der Waals surface area contributed by atoms with Gasteiger partial charge in [-0.2, -0.15) is 0 Å². The number of para-hydroxylation sites is 2. The van der Waals surface area contributed by atoms with Crippen LogP contribution in [-0.4, -0.2) is 32.8 Å². The molecule has 2 aromatic heterocycles. The van der Waals surface area contributed by atoms with Gasteiger partial charge in [0.15, 0.2) is 12.0 Å². The molecule has 0 saturated heterocycles. The summed E-state index contributed by atoms with van der Waals surface area (Å²) >= 11 is 0. The predicted octanol–water partition coefficient (Wildman–Crippen LogP) is 14.1. The van der Waals surface area contributed by atoms with E-state index in [9.17, 15) is 0 Å². The molecule has 298 valence electrons. The largest absolute Gasteiger partial charge is 0.333 e. The van der Waals surface area contributed by atoms with Crippen molar-refractivity contribution in [3.8, 4) is 33.6 Å². The molecule has 0 aliphatic carbocycles. The van der Waals surface area contributed by atoms with Crippen LogP contribution in [0.15, 0.2) is 234 Å². The van der Waals surface area contributed by atoms with Gasteiger partial charge in [-0.1, -0.05) is 176 Å². The van der Waals surface area contributed by atoms with Crippen LogP contribution >= 0.6 is 0 Å². The zero-order valence-corrected chi connectivity index (χ0v) is 34.7. The third kappa shape index (κ3) is 6.24. The van der Waals surface area contributed by atoms with E-state index in [0.717, 1.165) is 61.9 Å². The number of hydrogen-bond acceptors (Lipinski definition) is 3. The lowest BCUT2D eigenvalue weighted by Crippen LogP contribution is -2.35. The fourth-order valence-corrected chi connectivity index (χ4v) is 9.54. The van der Waals surface area contributed by atoms with Crippen LogP contribution in [0.1, 0.15) is 22.9 Å². The quantitative estimate of drug-likeness (QED) is 0.158. The summed E-state index contributed by atoms with van der Waals surface area (Å²) in [5, 5.41) is 4.91. The van der Waals surface area contributed by atoms with Gasteiger partial charge in [0.25, 0.3) is 0 Å². The Morgan fingerprint density at radius 3 is 1.41 bits per heavy atom. The van der Waals surface area contributed by atoms with Crippen molar-refractivity contribution < 1.29 is 0 Å². The Kier molecular flexibility index (Phi) is 8.71. The average molecular weight is 808 g/mol. The molecule has 1 aliphatic heterocycles. The number of aliphatic imine (C=N–C) groups is 2. The molecule has 63 heavy (non-hydrogen) atoms. The van der Waals surface area contributed by atoms with Gasteiger partial charge in [0.1, 0.15) is 5.84 Å². The van der Waals surface area contributed by atoms with E-state index in [4.69, 9.17) is 9.98 Å². The lowest BCUT2D eigenvalue weighted by Gasteiger charge is -2.32. The van der Waals surface area contributed by atoms with Crippen molar-refractivity contribution in [2.75, 3.05) is 7.05 Å². The van der Waals surface area contributed by atoms with Crippen LogP contribution in [-0.2, 0) is 0 Å². The van der Waals surface area contributed by atoms with Crippen LogP contribution in [0.2, 0.25) is 0 Å². The van der Waals surface area contributed by atoms with Crippen LogP contribution in [0.5, 0.6) is 0 Å². The normalized spacial score (nSPS) is 14.1. The van der Waals surface area contributed by atoms with Crippen LogP contribution < -0.4 is 0 Å². The molecule has 0 saturated carbocycles. The molecule has 1 unspecified atom stereocenters. The number of aromatic nitrogens is 2. The highest BCUT2D eigenvalue weighted by Gasteiger charge is 2.27. The molecule has 12 rings (SSSR count). The molecular weight excluding hydrogens is 767 g/mol. The van der Waals surface area contributed by atoms with Gasteiger partial charge in [-0.25, -0.2) is 9.98 Å². The van der Waals surface area contributed by atoms with E-state index in [0.29, 0.717) is 0 Å². The fraction of sp³-hybridized carbons (Fsp3) is 0.0345. The van der Waals surface area contributed by atoms with Crippen molar-refractivity contribution in [3.63, 3.8) is 0 Å². The molecule has 0 amide bonds. The van der Waals surface area contributed by atoms with Crippen molar-refractivity contribution in [3.05, 3.63) is 241 Å². The van der Waals surface area contributed by atoms with Crippen molar-refractivity contribution in [1.29, 1.82) is 0 Å². The maximum Gasteiger partial charge on any atom is 0.159 e. The second-order valence-corrected chi connectivity index (χ2v) is 16.3. The van der Waals surface area contributed by atoms with Crippen molar-refractivity contribution in [2.24, 2.45) is 9.98 Å². The van der Waals surface area contributed by atoms with Crippen molar-refractivity contribution in [2.45, 2.75) is 6.17 Å². The second kappa shape index (κ2) is 15.0. The fourth-order valence-electron chi connectivity index (χ4n) is 9.54. The molecule has 0 fully saturated rings. The molecule has 0 radical (unpaired) electrons. The Morgan fingerprint density at radius 1 is 0.349 bits per heavy atom. The van der Waals surface area contributed by atoms with E-state index in [1.54, 1.807) is 0 Å². The van der Waals surface area contributed by atoms with Gasteiger partial charge in [0.05, 0.1) is 22.1 Å². The first-order valence-corrected chi connectivity index (χ1v) is 21.5. The summed E-state index contributed by atoms with van der Waals surface area (Å²) in [6, 6.07) is 80.4. The number of benzene rings is 9. The molecule has 0 bridgehead atoms. The Balaban J connectivity index is 0.998. The molecular formula is C58H41N5. The number of amidine groups is 2. The first kappa shape index (κ1) is 36.6. The predicted molar refractivity (Wildman–Crippen MR) is 262 cm³/mol. The van der Waals surface area contributed by atoms with Crippen LogP contribution in [0.25, 0.3) is 77.2 Å². The first-order chi connectivity index (χ1) is 31.2. The van der Waals surface area contributed by atoms with Crippen LogP contribution in [0.4, 0.5) is 0 Å². The van der Waals surface area contributed by atoms with E-state index < -0.39 is 0 Å². The molecule has 0 N–H and O–H groups in total. The molecule has 5 nitrogen and oxygen atoms in total. The Labute approximate surface area is 365 Å². The third-order valence-electron chi connectivity index (χ3n) is 12.5. The minimum Gasteiger partial charge on any atom is -0.333 e. The standard InChI is InChI=1S/C58H41N5/c1-61-57(41-21-9-4-10-22-41)59-56(40-19-7-3-8-20-40)60-58(61)45-24-16-26-47(36-45)63-53-30-14-12-28-49(53)51-34-32-44(38-55(51)63)43-31-33-50-48-27-11-13-29-52(48)62(54(50)37-43)46-25-15-23-42(35-46)39-17-5-2-6-18-39/h2-38,58H,1H3. The van der Waals surface area contributed by atoms with Crippen LogP contribution in [0.3, 0.4) is 0 Å².